The molecule has 0 amide bonds. The van der Waals surface area contributed by atoms with E-state index in [4.69, 9.17) is 0 Å². The van der Waals surface area contributed by atoms with Crippen molar-refractivity contribution in [1.82, 2.24) is 4.72 Å². The zero-order chi connectivity index (χ0) is 14.9. The van der Waals surface area contributed by atoms with Crippen molar-refractivity contribution in [3.8, 4) is 0 Å². The number of nitro benzene ring substituents is 1. The van der Waals surface area contributed by atoms with E-state index in [0.717, 1.165) is 25.3 Å². The van der Waals surface area contributed by atoms with Gasteiger partial charge in [0.15, 0.2) is 0 Å². The number of sulfonamides is 1. The number of rotatable bonds is 4. The largest absolute Gasteiger partial charge is 0.270 e. The molecule has 110 valence electrons. The molecule has 2 unspecified atom stereocenters. The lowest BCUT2D eigenvalue weighted by Gasteiger charge is -2.14. The molecule has 1 aromatic carbocycles. The maximum Gasteiger partial charge on any atom is 0.270 e. The zero-order valence-electron chi connectivity index (χ0n) is 11.5. The van der Waals surface area contributed by atoms with Crippen molar-refractivity contribution < 1.29 is 13.3 Å². The Balaban J connectivity index is 2.29. The van der Waals surface area contributed by atoms with E-state index in [2.05, 4.69) is 11.6 Å². The molecule has 1 N–H and O–H groups in total. The first-order chi connectivity index (χ1) is 9.29. The van der Waals surface area contributed by atoms with Crippen LogP contribution >= 0.6 is 0 Å². The van der Waals surface area contributed by atoms with Crippen molar-refractivity contribution in [3.05, 3.63) is 33.9 Å². The van der Waals surface area contributed by atoms with Gasteiger partial charge in [0.2, 0.25) is 10.0 Å². The molecule has 7 heteroatoms. The van der Waals surface area contributed by atoms with E-state index in [9.17, 15) is 18.5 Å². The quantitative estimate of drug-likeness (QED) is 0.682. The van der Waals surface area contributed by atoms with Crippen LogP contribution < -0.4 is 4.72 Å². The molecule has 2 atom stereocenters. The smallest absolute Gasteiger partial charge is 0.258 e. The SMILES string of the molecule is Cc1ccc([N+](=O)[O-])cc1S(=O)(=O)NC1CCC(C)C1. The molecular weight excluding hydrogens is 280 g/mol. The van der Waals surface area contributed by atoms with Crippen LogP contribution in [0.15, 0.2) is 23.1 Å². The Bertz CT molecular complexity index is 627. The Morgan fingerprint density at radius 1 is 1.35 bits per heavy atom. The fourth-order valence-electron chi connectivity index (χ4n) is 2.59. The van der Waals surface area contributed by atoms with E-state index >= 15 is 0 Å². The van der Waals surface area contributed by atoms with Gasteiger partial charge in [0.25, 0.3) is 5.69 Å². The molecule has 2 rings (SSSR count). The highest BCUT2D eigenvalue weighted by molar-refractivity contribution is 7.89. The molecule has 0 aromatic heterocycles. The minimum atomic E-state index is -3.71. The second-order valence-corrected chi connectivity index (χ2v) is 7.13. The van der Waals surface area contributed by atoms with Gasteiger partial charge in [-0.15, -0.1) is 0 Å². The van der Waals surface area contributed by atoms with Gasteiger partial charge in [-0.1, -0.05) is 13.0 Å². The number of nitrogens with zero attached hydrogens (tertiary/aromatic N) is 1. The number of nitro groups is 1. The number of aryl methyl sites for hydroxylation is 1. The molecule has 0 bridgehead atoms. The standard InChI is InChI=1S/C13H18N2O4S/c1-9-3-5-11(7-9)14-20(18,19)13-8-12(15(16)17)6-4-10(13)2/h4,6,8-9,11,14H,3,5,7H2,1-2H3. The summed E-state index contributed by atoms with van der Waals surface area (Å²) in [5, 5.41) is 10.8. The van der Waals surface area contributed by atoms with Gasteiger partial charge in [0.05, 0.1) is 9.82 Å². The molecule has 1 aliphatic rings. The second-order valence-electron chi connectivity index (χ2n) is 5.44. The van der Waals surface area contributed by atoms with Crippen LogP contribution in [0.25, 0.3) is 0 Å². The van der Waals surface area contributed by atoms with E-state index in [0.29, 0.717) is 11.5 Å². The third kappa shape index (κ3) is 3.16. The van der Waals surface area contributed by atoms with Crippen molar-refractivity contribution in [1.29, 1.82) is 0 Å². The van der Waals surface area contributed by atoms with Crippen LogP contribution in [0.5, 0.6) is 0 Å². The van der Waals surface area contributed by atoms with Crippen LogP contribution in [0.3, 0.4) is 0 Å². The van der Waals surface area contributed by atoms with E-state index in [1.165, 1.54) is 12.1 Å². The Labute approximate surface area is 118 Å². The molecule has 0 saturated heterocycles. The lowest BCUT2D eigenvalue weighted by Crippen LogP contribution is -2.33. The van der Waals surface area contributed by atoms with E-state index in [1.807, 2.05) is 0 Å². The molecule has 0 radical (unpaired) electrons. The van der Waals surface area contributed by atoms with Crippen LogP contribution in [-0.2, 0) is 10.0 Å². The maximum atomic E-state index is 12.4. The van der Waals surface area contributed by atoms with Crippen molar-refractivity contribution in [2.45, 2.75) is 44.0 Å². The van der Waals surface area contributed by atoms with Gasteiger partial charge in [-0.2, -0.15) is 0 Å². The average molecular weight is 298 g/mol. The molecular formula is C13H18N2O4S. The predicted molar refractivity (Wildman–Crippen MR) is 75.0 cm³/mol. The molecule has 1 fully saturated rings. The molecule has 0 heterocycles. The summed E-state index contributed by atoms with van der Waals surface area (Å²) in [6, 6.07) is 3.82. The van der Waals surface area contributed by atoms with E-state index < -0.39 is 14.9 Å². The summed E-state index contributed by atoms with van der Waals surface area (Å²) in [6.07, 6.45) is 2.63. The van der Waals surface area contributed by atoms with Gasteiger partial charge in [0.1, 0.15) is 0 Å². The summed E-state index contributed by atoms with van der Waals surface area (Å²) in [6.45, 7) is 3.72. The van der Waals surface area contributed by atoms with Crippen molar-refractivity contribution in [3.63, 3.8) is 0 Å². The normalized spacial score (nSPS) is 22.9. The topological polar surface area (TPSA) is 89.3 Å². The van der Waals surface area contributed by atoms with Crippen LogP contribution in [0.4, 0.5) is 5.69 Å². The number of hydrogen-bond donors (Lipinski definition) is 1. The van der Waals surface area contributed by atoms with Gasteiger partial charge in [-0.25, -0.2) is 13.1 Å². The first kappa shape index (κ1) is 14.9. The molecule has 0 spiro atoms. The molecule has 0 aliphatic heterocycles. The zero-order valence-corrected chi connectivity index (χ0v) is 12.3. The van der Waals surface area contributed by atoms with Gasteiger partial charge < -0.3 is 0 Å². The molecule has 1 aliphatic carbocycles. The van der Waals surface area contributed by atoms with Crippen LogP contribution in [-0.4, -0.2) is 19.4 Å². The summed E-state index contributed by atoms with van der Waals surface area (Å²) in [7, 11) is -3.71. The monoisotopic (exact) mass is 298 g/mol. The van der Waals surface area contributed by atoms with Gasteiger partial charge in [-0.3, -0.25) is 10.1 Å². The Morgan fingerprint density at radius 2 is 2.05 bits per heavy atom. The van der Waals surface area contributed by atoms with Gasteiger partial charge in [0, 0.05) is 18.2 Å². The molecule has 1 aromatic rings. The first-order valence-electron chi connectivity index (χ1n) is 6.57. The minimum Gasteiger partial charge on any atom is -0.258 e. The average Bonchev–Trinajstić information content (AvgIpc) is 2.73. The van der Waals surface area contributed by atoms with Crippen LogP contribution in [0.2, 0.25) is 0 Å². The summed E-state index contributed by atoms with van der Waals surface area (Å²) in [4.78, 5) is 10.2. The highest BCUT2D eigenvalue weighted by Gasteiger charge is 2.28. The third-order valence-electron chi connectivity index (χ3n) is 3.69. The first-order valence-corrected chi connectivity index (χ1v) is 8.05. The minimum absolute atomic E-state index is 0.00810. The Hall–Kier alpha value is -1.47. The highest BCUT2D eigenvalue weighted by atomic mass is 32.2. The lowest BCUT2D eigenvalue weighted by atomic mass is 10.1. The number of hydrogen-bond acceptors (Lipinski definition) is 4. The van der Waals surface area contributed by atoms with Crippen molar-refractivity contribution in [2.75, 3.05) is 0 Å². The third-order valence-corrected chi connectivity index (χ3v) is 5.35. The van der Waals surface area contributed by atoms with Gasteiger partial charge in [-0.05, 0) is 37.7 Å². The highest BCUT2D eigenvalue weighted by Crippen LogP contribution is 2.27. The lowest BCUT2D eigenvalue weighted by molar-refractivity contribution is -0.385. The molecule has 6 nitrogen and oxygen atoms in total. The van der Waals surface area contributed by atoms with Crippen LogP contribution in [0.1, 0.15) is 31.7 Å². The predicted octanol–water partition coefficient (Wildman–Crippen LogP) is 2.37. The maximum absolute atomic E-state index is 12.4. The molecule has 20 heavy (non-hydrogen) atoms. The van der Waals surface area contributed by atoms with Crippen molar-refractivity contribution in [2.24, 2.45) is 5.92 Å². The Kier molecular flexibility index (Phi) is 4.10. The summed E-state index contributed by atoms with van der Waals surface area (Å²) < 4.78 is 27.4. The van der Waals surface area contributed by atoms with E-state index in [-0.39, 0.29) is 16.6 Å². The second kappa shape index (κ2) is 5.49. The summed E-state index contributed by atoms with van der Waals surface area (Å²) in [5.41, 5.74) is 0.296. The number of benzene rings is 1. The number of non-ortho nitro benzene ring substituents is 1. The van der Waals surface area contributed by atoms with E-state index in [1.54, 1.807) is 6.92 Å². The number of nitrogens with one attached hydrogen (secondary N) is 1. The van der Waals surface area contributed by atoms with Crippen LogP contribution in [0, 0.1) is 23.0 Å². The summed E-state index contributed by atoms with van der Waals surface area (Å²) in [5.74, 6) is 0.508. The summed E-state index contributed by atoms with van der Waals surface area (Å²) >= 11 is 0. The fraction of sp³-hybridized carbons (Fsp3) is 0.538. The van der Waals surface area contributed by atoms with Gasteiger partial charge >= 0.3 is 0 Å². The fourth-order valence-corrected chi connectivity index (χ4v) is 4.14. The molecule has 1 saturated carbocycles. The van der Waals surface area contributed by atoms with Crippen molar-refractivity contribution >= 4 is 15.7 Å². The Morgan fingerprint density at radius 3 is 2.60 bits per heavy atom.